The highest BCUT2D eigenvalue weighted by molar-refractivity contribution is 5.89. The number of hydrogen-bond donors (Lipinski definition) is 2. The summed E-state index contributed by atoms with van der Waals surface area (Å²) in [6.45, 7) is 2.83. The fourth-order valence-electron chi connectivity index (χ4n) is 2.44. The average molecular weight is 276 g/mol. The smallest absolute Gasteiger partial charge is 0.242 e. The molecule has 1 aromatic rings. The molecule has 0 bridgehead atoms. The predicted octanol–water partition coefficient (Wildman–Crippen LogP) is -0.312. The number of carbonyl (C=O) groups is 2. The first-order valence-corrected chi connectivity index (χ1v) is 6.84. The number of likely N-dealkylation sites (N-methyl/N-ethyl adjacent to an activating group) is 1. The first-order chi connectivity index (χ1) is 9.61. The van der Waals surface area contributed by atoms with Crippen molar-refractivity contribution >= 4 is 11.8 Å². The Morgan fingerprint density at radius 3 is 2.95 bits per heavy atom. The van der Waals surface area contributed by atoms with Crippen LogP contribution in [0.15, 0.2) is 24.4 Å². The van der Waals surface area contributed by atoms with Gasteiger partial charge in [-0.05, 0) is 25.5 Å². The average Bonchev–Trinajstić information content (AvgIpc) is 2.82. The van der Waals surface area contributed by atoms with Crippen molar-refractivity contribution in [3.63, 3.8) is 0 Å². The number of carbonyl (C=O) groups excluding carboxylic acids is 2. The Morgan fingerprint density at radius 1 is 1.50 bits per heavy atom. The fourth-order valence-corrected chi connectivity index (χ4v) is 2.44. The highest BCUT2D eigenvalue weighted by Gasteiger charge is 2.37. The van der Waals surface area contributed by atoms with Crippen LogP contribution >= 0.6 is 0 Å². The zero-order chi connectivity index (χ0) is 14.5. The number of hydrogen-bond acceptors (Lipinski definition) is 4. The maximum Gasteiger partial charge on any atom is 0.242 e. The van der Waals surface area contributed by atoms with E-state index in [4.69, 9.17) is 5.73 Å². The molecule has 0 aromatic carbocycles. The lowest BCUT2D eigenvalue weighted by molar-refractivity contribution is -0.137. The van der Waals surface area contributed by atoms with Crippen molar-refractivity contribution in [2.75, 3.05) is 13.1 Å². The maximum absolute atomic E-state index is 12.3. The topological polar surface area (TPSA) is 88.3 Å². The lowest BCUT2D eigenvalue weighted by atomic mass is 10.1. The molecule has 2 heterocycles. The summed E-state index contributed by atoms with van der Waals surface area (Å²) in [5.41, 5.74) is 6.59. The van der Waals surface area contributed by atoms with Crippen LogP contribution in [0.5, 0.6) is 0 Å². The number of nitrogens with zero attached hydrogens (tertiary/aromatic N) is 2. The summed E-state index contributed by atoms with van der Waals surface area (Å²) in [5, 5.41) is 2.75. The van der Waals surface area contributed by atoms with Gasteiger partial charge in [-0.1, -0.05) is 6.07 Å². The van der Waals surface area contributed by atoms with E-state index in [9.17, 15) is 9.59 Å². The number of nitrogens with two attached hydrogens (primary N) is 1. The van der Waals surface area contributed by atoms with Crippen molar-refractivity contribution < 1.29 is 9.59 Å². The highest BCUT2D eigenvalue weighted by Crippen LogP contribution is 2.18. The lowest BCUT2D eigenvalue weighted by Gasteiger charge is -2.23. The Labute approximate surface area is 118 Å². The molecule has 0 aliphatic carbocycles. The molecule has 0 unspecified atom stereocenters. The minimum Gasteiger partial charge on any atom is -0.355 e. The first kappa shape index (κ1) is 14.5. The van der Waals surface area contributed by atoms with Crippen molar-refractivity contribution in [2.24, 2.45) is 5.73 Å². The number of likely N-dealkylation sites (tertiary alicyclic amines) is 1. The van der Waals surface area contributed by atoms with Crippen molar-refractivity contribution in [1.82, 2.24) is 15.2 Å². The van der Waals surface area contributed by atoms with Gasteiger partial charge in [-0.2, -0.15) is 0 Å². The van der Waals surface area contributed by atoms with E-state index in [1.165, 1.54) is 0 Å². The van der Waals surface area contributed by atoms with Gasteiger partial charge in [0.25, 0.3) is 0 Å². The van der Waals surface area contributed by atoms with Gasteiger partial charge in [0.05, 0.1) is 6.42 Å². The molecule has 1 aliphatic rings. The molecule has 6 nitrogen and oxygen atoms in total. The summed E-state index contributed by atoms with van der Waals surface area (Å²) in [6, 6.07) is 4.84. The zero-order valence-corrected chi connectivity index (χ0v) is 11.6. The second-order valence-corrected chi connectivity index (χ2v) is 4.95. The molecular formula is C14H20N4O2. The lowest BCUT2D eigenvalue weighted by Crippen LogP contribution is -2.46. The van der Waals surface area contributed by atoms with Gasteiger partial charge in [-0.15, -0.1) is 0 Å². The van der Waals surface area contributed by atoms with Crippen LogP contribution in [0.25, 0.3) is 0 Å². The highest BCUT2D eigenvalue weighted by atomic mass is 16.2. The molecule has 0 saturated carbocycles. The van der Waals surface area contributed by atoms with E-state index in [0.29, 0.717) is 25.2 Å². The van der Waals surface area contributed by atoms with Crippen molar-refractivity contribution in [3.8, 4) is 0 Å². The Kier molecular flexibility index (Phi) is 4.68. The molecule has 1 aliphatic heterocycles. The molecule has 2 rings (SSSR count). The number of pyridine rings is 1. The van der Waals surface area contributed by atoms with Crippen LogP contribution in [0.1, 0.15) is 19.0 Å². The van der Waals surface area contributed by atoms with Crippen molar-refractivity contribution in [1.29, 1.82) is 0 Å². The van der Waals surface area contributed by atoms with E-state index in [1.54, 1.807) is 23.2 Å². The molecule has 20 heavy (non-hydrogen) atoms. The minimum atomic E-state index is -0.457. The third-order valence-electron chi connectivity index (χ3n) is 3.37. The van der Waals surface area contributed by atoms with E-state index in [0.717, 1.165) is 0 Å². The summed E-state index contributed by atoms with van der Waals surface area (Å²) in [4.78, 5) is 30.0. The molecule has 0 spiro atoms. The molecule has 1 aromatic heterocycles. The fraction of sp³-hybridized carbons (Fsp3) is 0.500. The summed E-state index contributed by atoms with van der Waals surface area (Å²) in [7, 11) is 0. The summed E-state index contributed by atoms with van der Waals surface area (Å²) in [5.74, 6) is -0.234. The normalized spacial score (nSPS) is 21.8. The van der Waals surface area contributed by atoms with Gasteiger partial charge in [0.15, 0.2) is 0 Å². The van der Waals surface area contributed by atoms with Gasteiger partial charge in [-0.25, -0.2) is 0 Å². The Morgan fingerprint density at radius 2 is 2.30 bits per heavy atom. The van der Waals surface area contributed by atoms with E-state index >= 15 is 0 Å². The second-order valence-electron chi connectivity index (χ2n) is 4.95. The van der Waals surface area contributed by atoms with Gasteiger partial charge in [0, 0.05) is 31.0 Å². The molecule has 6 heteroatoms. The summed E-state index contributed by atoms with van der Waals surface area (Å²) in [6.07, 6.45) is 2.36. The molecule has 1 saturated heterocycles. The van der Waals surface area contributed by atoms with Crippen LogP contribution in [0, 0.1) is 0 Å². The molecule has 0 radical (unpaired) electrons. The standard InChI is InChI=1S/C14H20N4O2/c1-2-16-14(20)12-7-10(15)9-18(12)13(19)8-11-5-3-4-6-17-11/h3-6,10,12H,2,7-9,15H2,1H3,(H,16,20)/t10-,12+/m1/s1. The summed E-state index contributed by atoms with van der Waals surface area (Å²) >= 11 is 0. The monoisotopic (exact) mass is 276 g/mol. The molecule has 1 fully saturated rings. The van der Waals surface area contributed by atoms with E-state index < -0.39 is 6.04 Å². The predicted molar refractivity (Wildman–Crippen MR) is 74.7 cm³/mol. The quantitative estimate of drug-likeness (QED) is 0.789. The number of nitrogens with one attached hydrogen (secondary N) is 1. The first-order valence-electron chi connectivity index (χ1n) is 6.84. The Bertz CT molecular complexity index is 477. The van der Waals surface area contributed by atoms with E-state index in [2.05, 4.69) is 10.3 Å². The SMILES string of the molecule is CCNC(=O)[C@@H]1C[C@@H](N)CN1C(=O)Cc1ccccn1. The van der Waals surface area contributed by atoms with Crippen molar-refractivity contribution in [3.05, 3.63) is 30.1 Å². The Hall–Kier alpha value is -1.95. The van der Waals surface area contributed by atoms with Gasteiger partial charge in [0.2, 0.25) is 11.8 Å². The largest absolute Gasteiger partial charge is 0.355 e. The number of aromatic nitrogens is 1. The van der Waals surface area contributed by atoms with Crippen LogP contribution in [-0.2, 0) is 16.0 Å². The molecular weight excluding hydrogens is 256 g/mol. The van der Waals surface area contributed by atoms with Gasteiger partial charge in [0.1, 0.15) is 6.04 Å². The Balaban J connectivity index is 2.05. The van der Waals surface area contributed by atoms with Crippen LogP contribution in [0.4, 0.5) is 0 Å². The molecule has 3 N–H and O–H groups in total. The molecule has 2 amide bonds. The molecule has 108 valence electrons. The van der Waals surface area contributed by atoms with E-state index in [1.807, 2.05) is 13.0 Å². The van der Waals surface area contributed by atoms with Gasteiger partial charge in [-0.3, -0.25) is 14.6 Å². The van der Waals surface area contributed by atoms with Gasteiger partial charge >= 0.3 is 0 Å². The molecule has 2 atom stereocenters. The zero-order valence-electron chi connectivity index (χ0n) is 11.6. The van der Waals surface area contributed by atoms with Crippen LogP contribution < -0.4 is 11.1 Å². The van der Waals surface area contributed by atoms with Gasteiger partial charge < -0.3 is 16.0 Å². The summed E-state index contributed by atoms with van der Waals surface area (Å²) < 4.78 is 0. The van der Waals surface area contributed by atoms with Crippen LogP contribution in [0.3, 0.4) is 0 Å². The number of amides is 2. The maximum atomic E-state index is 12.3. The third kappa shape index (κ3) is 3.33. The third-order valence-corrected chi connectivity index (χ3v) is 3.37. The second kappa shape index (κ2) is 6.47. The number of rotatable bonds is 4. The van der Waals surface area contributed by atoms with Crippen molar-refractivity contribution in [2.45, 2.75) is 31.8 Å². The van der Waals surface area contributed by atoms with Crippen LogP contribution in [0.2, 0.25) is 0 Å². The van der Waals surface area contributed by atoms with Crippen LogP contribution in [-0.4, -0.2) is 46.9 Å². The minimum absolute atomic E-state index is 0.104. The van der Waals surface area contributed by atoms with E-state index in [-0.39, 0.29) is 24.3 Å².